The summed E-state index contributed by atoms with van der Waals surface area (Å²) in [6.45, 7) is 12.1. The van der Waals surface area contributed by atoms with Gasteiger partial charge in [0.25, 0.3) is 0 Å². The van der Waals surface area contributed by atoms with E-state index in [1.807, 2.05) is 0 Å². The summed E-state index contributed by atoms with van der Waals surface area (Å²) in [7, 11) is -4.67. The van der Waals surface area contributed by atoms with E-state index < -0.39 is 22.8 Å². The van der Waals surface area contributed by atoms with E-state index >= 15 is 0 Å². The van der Waals surface area contributed by atoms with Crippen molar-refractivity contribution in [3.63, 3.8) is 0 Å². The summed E-state index contributed by atoms with van der Waals surface area (Å²) in [5, 5.41) is 0. The van der Waals surface area contributed by atoms with Crippen molar-refractivity contribution in [2.45, 2.75) is 76.1 Å². The highest BCUT2D eigenvalue weighted by molar-refractivity contribution is 7.90. The SMILES string of the molecule is CC(C)(C)S(=O)(=O)N1[C@H](CCCCCl)[C@H]1[Si](C)(C)C. The number of sulfonamides is 1. The topological polar surface area (TPSA) is 37.1 Å². The van der Waals surface area contributed by atoms with Crippen LogP contribution in [0.15, 0.2) is 0 Å². The molecular formula is C13H28ClNO2SSi. The molecule has 0 saturated carbocycles. The zero-order valence-corrected chi connectivity index (χ0v) is 15.6. The first-order chi connectivity index (χ1) is 8.44. The molecular weight excluding hydrogens is 298 g/mol. The second-order valence-electron chi connectivity index (χ2n) is 7.51. The van der Waals surface area contributed by atoms with Gasteiger partial charge >= 0.3 is 0 Å². The molecule has 1 unspecified atom stereocenters. The molecule has 6 heteroatoms. The third-order valence-electron chi connectivity index (χ3n) is 3.70. The van der Waals surface area contributed by atoms with E-state index in [2.05, 4.69) is 19.6 Å². The summed E-state index contributed by atoms with van der Waals surface area (Å²) in [6.07, 6.45) is 2.95. The van der Waals surface area contributed by atoms with Crippen molar-refractivity contribution >= 4 is 29.7 Å². The Morgan fingerprint density at radius 2 is 1.68 bits per heavy atom. The Balaban J connectivity index is 2.87. The molecule has 114 valence electrons. The minimum atomic E-state index is -3.19. The van der Waals surface area contributed by atoms with Crippen LogP contribution in [0.1, 0.15) is 40.0 Å². The number of unbranched alkanes of at least 4 members (excludes halogenated alkanes) is 1. The quantitative estimate of drug-likeness (QED) is 0.324. The minimum Gasteiger partial charge on any atom is -0.212 e. The molecule has 1 aliphatic heterocycles. The maximum atomic E-state index is 12.6. The predicted octanol–water partition coefficient (Wildman–Crippen LogP) is 3.45. The Hall–Kier alpha value is 0.417. The van der Waals surface area contributed by atoms with Crippen LogP contribution in [0.2, 0.25) is 19.6 Å². The Bertz CT molecular complexity index is 411. The second kappa shape index (κ2) is 5.66. The van der Waals surface area contributed by atoms with Crippen molar-refractivity contribution in [2.24, 2.45) is 0 Å². The molecule has 0 bridgehead atoms. The second-order valence-corrected chi connectivity index (χ2v) is 15.8. The van der Waals surface area contributed by atoms with Crippen molar-refractivity contribution in [1.29, 1.82) is 0 Å². The maximum Gasteiger partial charge on any atom is 0.219 e. The minimum absolute atomic E-state index is 0.221. The molecule has 0 aromatic heterocycles. The zero-order chi connectivity index (χ0) is 15.1. The highest BCUT2D eigenvalue weighted by Gasteiger charge is 2.61. The smallest absolute Gasteiger partial charge is 0.212 e. The van der Waals surface area contributed by atoms with Gasteiger partial charge in [0.05, 0.1) is 12.8 Å². The zero-order valence-electron chi connectivity index (χ0n) is 13.0. The standard InChI is InChI=1S/C13H28ClNO2SSi/c1-13(2,3)18(16,17)15-11(9-7-8-10-14)12(15)19(4,5)6/h11-12H,7-10H2,1-6H3/t11-,12-,15?/m1/s1. The number of hydrogen-bond acceptors (Lipinski definition) is 2. The molecule has 1 aliphatic rings. The van der Waals surface area contributed by atoms with Gasteiger partial charge in [0.15, 0.2) is 0 Å². The van der Waals surface area contributed by atoms with Crippen LogP contribution >= 0.6 is 11.6 Å². The Labute approximate surface area is 124 Å². The summed E-state index contributed by atoms with van der Waals surface area (Å²) >= 11 is 5.71. The Morgan fingerprint density at radius 1 is 1.16 bits per heavy atom. The molecule has 1 heterocycles. The van der Waals surface area contributed by atoms with Crippen LogP contribution in [0.5, 0.6) is 0 Å². The Kier molecular flexibility index (Phi) is 5.20. The molecule has 1 fully saturated rings. The number of nitrogens with zero attached hydrogens (tertiary/aromatic N) is 1. The number of halogens is 1. The van der Waals surface area contributed by atoms with Gasteiger partial charge in [0.1, 0.15) is 0 Å². The molecule has 1 saturated heterocycles. The largest absolute Gasteiger partial charge is 0.219 e. The van der Waals surface area contributed by atoms with Gasteiger partial charge in [-0.05, 0) is 33.6 Å². The van der Waals surface area contributed by atoms with Gasteiger partial charge in [0, 0.05) is 17.6 Å². The molecule has 0 spiro atoms. The lowest BCUT2D eigenvalue weighted by Crippen LogP contribution is -2.39. The number of hydrogen-bond donors (Lipinski definition) is 0. The fourth-order valence-corrected chi connectivity index (χ4v) is 8.20. The van der Waals surface area contributed by atoms with E-state index in [-0.39, 0.29) is 11.7 Å². The van der Waals surface area contributed by atoms with E-state index in [1.54, 1.807) is 25.1 Å². The van der Waals surface area contributed by atoms with Gasteiger partial charge in [-0.15, -0.1) is 11.6 Å². The van der Waals surface area contributed by atoms with Crippen LogP contribution in [0, 0.1) is 0 Å². The molecule has 0 aromatic rings. The van der Waals surface area contributed by atoms with E-state index in [9.17, 15) is 8.42 Å². The van der Waals surface area contributed by atoms with Crippen molar-refractivity contribution in [1.82, 2.24) is 4.31 Å². The molecule has 19 heavy (non-hydrogen) atoms. The number of alkyl halides is 1. The average molecular weight is 326 g/mol. The summed E-state index contributed by atoms with van der Waals surface area (Å²) in [6, 6.07) is 0.221. The van der Waals surface area contributed by atoms with Gasteiger partial charge in [-0.1, -0.05) is 26.1 Å². The first-order valence-corrected chi connectivity index (χ1v) is 12.6. The lowest BCUT2D eigenvalue weighted by molar-refractivity contribution is 0.507. The molecule has 0 radical (unpaired) electrons. The monoisotopic (exact) mass is 325 g/mol. The summed E-state index contributed by atoms with van der Waals surface area (Å²) in [5.74, 6) is 0.663. The van der Waals surface area contributed by atoms with Crippen LogP contribution in [0.3, 0.4) is 0 Å². The average Bonchev–Trinajstić information content (AvgIpc) is 2.91. The highest BCUT2D eigenvalue weighted by atomic mass is 35.5. The van der Waals surface area contributed by atoms with Gasteiger partial charge in [-0.2, -0.15) is 4.31 Å². The van der Waals surface area contributed by atoms with Gasteiger partial charge < -0.3 is 0 Å². The van der Waals surface area contributed by atoms with Gasteiger partial charge in [-0.25, -0.2) is 8.42 Å². The summed E-state index contributed by atoms with van der Waals surface area (Å²) in [5.41, 5.74) is 0.270. The maximum absolute atomic E-state index is 12.6. The van der Waals surface area contributed by atoms with Crippen molar-refractivity contribution < 1.29 is 8.42 Å². The van der Waals surface area contributed by atoms with E-state index in [4.69, 9.17) is 11.6 Å². The fourth-order valence-electron chi connectivity index (χ4n) is 2.59. The Morgan fingerprint density at radius 3 is 2.05 bits per heavy atom. The lowest BCUT2D eigenvalue weighted by Gasteiger charge is -2.23. The first-order valence-electron chi connectivity index (χ1n) is 7.03. The lowest BCUT2D eigenvalue weighted by atomic mass is 10.2. The molecule has 0 aliphatic carbocycles. The van der Waals surface area contributed by atoms with Crippen molar-refractivity contribution in [2.75, 3.05) is 5.88 Å². The first kappa shape index (κ1) is 17.5. The van der Waals surface area contributed by atoms with Crippen LogP contribution in [-0.4, -0.2) is 43.1 Å². The molecule has 1 rings (SSSR count). The number of rotatable bonds is 6. The van der Waals surface area contributed by atoms with E-state index in [0.29, 0.717) is 5.88 Å². The van der Waals surface area contributed by atoms with E-state index in [0.717, 1.165) is 19.3 Å². The normalized spacial score (nSPS) is 28.5. The van der Waals surface area contributed by atoms with Crippen LogP contribution in [0.4, 0.5) is 0 Å². The molecule has 0 aromatic carbocycles. The van der Waals surface area contributed by atoms with Crippen molar-refractivity contribution in [3.05, 3.63) is 0 Å². The summed E-state index contributed by atoms with van der Waals surface area (Å²) < 4.78 is 26.4. The van der Waals surface area contributed by atoms with Crippen LogP contribution in [-0.2, 0) is 10.0 Å². The third-order valence-corrected chi connectivity index (χ3v) is 9.19. The third kappa shape index (κ3) is 3.74. The van der Waals surface area contributed by atoms with Gasteiger partial charge in [-0.3, -0.25) is 0 Å². The highest BCUT2D eigenvalue weighted by Crippen LogP contribution is 2.44. The summed E-state index contributed by atoms with van der Waals surface area (Å²) in [4.78, 5) is 0. The molecule has 0 amide bonds. The molecule has 0 N–H and O–H groups in total. The fraction of sp³-hybridized carbons (Fsp3) is 1.00. The molecule has 3 nitrogen and oxygen atoms in total. The molecule has 3 atom stereocenters. The van der Waals surface area contributed by atoms with Crippen LogP contribution < -0.4 is 0 Å². The van der Waals surface area contributed by atoms with Crippen LogP contribution in [0.25, 0.3) is 0 Å². The predicted molar refractivity (Wildman–Crippen MR) is 86.0 cm³/mol. The van der Waals surface area contributed by atoms with Crippen molar-refractivity contribution in [3.8, 4) is 0 Å². The van der Waals surface area contributed by atoms with E-state index in [1.165, 1.54) is 0 Å². The van der Waals surface area contributed by atoms with Gasteiger partial charge in [0.2, 0.25) is 10.0 Å².